The summed E-state index contributed by atoms with van der Waals surface area (Å²) in [5, 5.41) is 0. The molecule has 4 nitrogen and oxygen atoms in total. The summed E-state index contributed by atoms with van der Waals surface area (Å²) in [6, 6.07) is 0. The summed E-state index contributed by atoms with van der Waals surface area (Å²) in [6.45, 7) is 7.82. The number of unbranched alkanes of at least 4 members (excludes halogenated alkanes) is 17. The van der Waals surface area contributed by atoms with Crippen LogP contribution in [0, 0.1) is 0 Å². The Balaban J connectivity index is 3.06. The number of hydrogen-bond acceptors (Lipinski definition) is 4. The van der Waals surface area contributed by atoms with E-state index < -0.39 is 0 Å². The van der Waals surface area contributed by atoms with Gasteiger partial charge in [-0.25, -0.2) is 9.59 Å². The molecule has 0 unspecified atom stereocenters. The molecule has 0 aromatic rings. The average Bonchev–Trinajstić information content (AvgIpc) is 2.76. The highest BCUT2D eigenvalue weighted by molar-refractivity contribution is 5.81. The van der Waals surface area contributed by atoms with E-state index in [4.69, 9.17) is 9.47 Å². The number of carbonyl (C=O) groups excluding carboxylic acids is 2. The van der Waals surface area contributed by atoms with Gasteiger partial charge in [0.05, 0.1) is 13.2 Å². The van der Waals surface area contributed by atoms with Crippen LogP contribution >= 0.6 is 0 Å². The zero-order chi connectivity index (χ0) is 22.1. The molecule has 30 heavy (non-hydrogen) atoms. The number of hydrogen-bond donors (Lipinski definition) is 0. The molecule has 0 rings (SSSR count). The van der Waals surface area contributed by atoms with E-state index in [1.165, 1.54) is 102 Å². The molecular formula is C26H46O4. The highest BCUT2D eigenvalue weighted by atomic mass is 16.5. The number of carbonyl (C=O) groups is 2. The topological polar surface area (TPSA) is 52.6 Å². The van der Waals surface area contributed by atoms with Crippen molar-refractivity contribution in [3.05, 3.63) is 25.3 Å². The van der Waals surface area contributed by atoms with Crippen LogP contribution in [-0.2, 0) is 19.1 Å². The first-order valence-corrected chi connectivity index (χ1v) is 12.3. The number of rotatable bonds is 23. The Labute approximate surface area is 185 Å². The summed E-state index contributed by atoms with van der Waals surface area (Å²) >= 11 is 0. The van der Waals surface area contributed by atoms with Crippen LogP contribution in [0.4, 0.5) is 0 Å². The molecule has 0 spiro atoms. The Hall–Kier alpha value is -1.58. The quantitative estimate of drug-likeness (QED) is 0.0973. The maximum Gasteiger partial charge on any atom is 0.330 e. The van der Waals surface area contributed by atoms with Crippen LogP contribution < -0.4 is 0 Å². The number of ether oxygens (including phenoxy) is 2. The predicted octanol–water partition coefficient (Wildman–Crippen LogP) is 7.47. The van der Waals surface area contributed by atoms with Gasteiger partial charge in [0.15, 0.2) is 0 Å². The Morgan fingerprint density at radius 2 is 0.633 bits per heavy atom. The molecule has 174 valence electrons. The Morgan fingerprint density at radius 3 is 0.833 bits per heavy atom. The van der Waals surface area contributed by atoms with Gasteiger partial charge in [0.1, 0.15) is 0 Å². The molecule has 0 aromatic carbocycles. The Bertz CT molecular complexity index is 391. The minimum atomic E-state index is -0.313. The summed E-state index contributed by atoms with van der Waals surface area (Å²) in [5.41, 5.74) is 0. The van der Waals surface area contributed by atoms with Crippen molar-refractivity contribution >= 4 is 11.9 Å². The van der Waals surface area contributed by atoms with Gasteiger partial charge in [0.25, 0.3) is 0 Å². The lowest BCUT2D eigenvalue weighted by molar-refractivity contribution is -0.138. The molecule has 0 fully saturated rings. The smallest absolute Gasteiger partial charge is 0.330 e. The van der Waals surface area contributed by atoms with E-state index in [1.807, 2.05) is 0 Å². The van der Waals surface area contributed by atoms with E-state index in [1.54, 1.807) is 0 Å². The van der Waals surface area contributed by atoms with E-state index in [9.17, 15) is 9.59 Å². The zero-order valence-electron chi connectivity index (χ0n) is 19.3. The SMILES string of the molecule is C=CC(=O)OCCCCCCCCCCCCCCCCCCCCOC(=O)C=C. The largest absolute Gasteiger partial charge is 0.463 e. The maximum atomic E-state index is 10.9. The number of esters is 2. The van der Waals surface area contributed by atoms with Crippen molar-refractivity contribution < 1.29 is 19.1 Å². The third-order valence-electron chi connectivity index (χ3n) is 5.36. The first-order chi connectivity index (χ1) is 14.7. The second kappa shape index (κ2) is 23.7. The van der Waals surface area contributed by atoms with E-state index in [-0.39, 0.29) is 11.9 Å². The molecule has 0 atom stereocenters. The molecule has 0 radical (unpaired) electrons. The van der Waals surface area contributed by atoms with Crippen LogP contribution in [0.5, 0.6) is 0 Å². The van der Waals surface area contributed by atoms with Gasteiger partial charge >= 0.3 is 11.9 Å². The van der Waals surface area contributed by atoms with E-state index in [2.05, 4.69) is 13.2 Å². The van der Waals surface area contributed by atoms with Gasteiger partial charge in [-0.1, -0.05) is 116 Å². The zero-order valence-corrected chi connectivity index (χ0v) is 19.3. The highest BCUT2D eigenvalue weighted by Gasteiger charge is 1.98. The van der Waals surface area contributed by atoms with Crippen LogP contribution in [0.3, 0.4) is 0 Å². The van der Waals surface area contributed by atoms with Crippen molar-refractivity contribution in [2.24, 2.45) is 0 Å². The first-order valence-electron chi connectivity index (χ1n) is 12.3. The lowest BCUT2D eigenvalue weighted by Gasteiger charge is -2.04. The summed E-state index contributed by atoms with van der Waals surface area (Å²) in [7, 11) is 0. The molecular weight excluding hydrogens is 376 g/mol. The molecule has 4 heteroatoms. The van der Waals surface area contributed by atoms with Crippen molar-refractivity contribution in [2.75, 3.05) is 13.2 Å². The van der Waals surface area contributed by atoms with E-state index in [0.29, 0.717) is 13.2 Å². The van der Waals surface area contributed by atoms with Gasteiger partial charge in [-0.15, -0.1) is 0 Å². The lowest BCUT2D eigenvalue weighted by atomic mass is 10.0. The fourth-order valence-corrected chi connectivity index (χ4v) is 3.50. The second-order valence-corrected chi connectivity index (χ2v) is 8.11. The fraction of sp³-hybridized carbons (Fsp3) is 0.769. The van der Waals surface area contributed by atoms with Gasteiger partial charge < -0.3 is 9.47 Å². The molecule has 0 aliphatic rings. The van der Waals surface area contributed by atoms with Gasteiger partial charge in [-0.2, -0.15) is 0 Å². The van der Waals surface area contributed by atoms with Gasteiger partial charge in [0.2, 0.25) is 0 Å². The van der Waals surface area contributed by atoms with Crippen molar-refractivity contribution in [1.82, 2.24) is 0 Å². The molecule has 0 aliphatic heterocycles. The molecule has 0 N–H and O–H groups in total. The van der Waals surface area contributed by atoms with E-state index >= 15 is 0 Å². The third kappa shape index (κ3) is 22.7. The molecule has 0 bridgehead atoms. The van der Waals surface area contributed by atoms with Gasteiger partial charge in [-0.05, 0) is 12.8 Å². The maximum absolute atomic E-state index is 10.9. The first kappa shape index (κ1) is 28.4. The summed E-state index contributed by atoms with van der Waals surface area (Å²) in [6.07, 6.45) is 25.4. The third-order valence-corrected chi connectivity index (χ3v) is 5.36. The second-order valence-electron chi connectivity index (χ2n) is 8.11. The molecule has 0 amide bonds. The summed E-state index contributed by atoms with van der Waals surface area (Å²) in [4.78, 5) is 21.8. The lowest BCUT2D eigenvalue weighted by Crippen LogP contribution is -2.01. The van der Waals surface area contributed by atoms with Crippen molar-refractivity contribution in [3.63, 3.8) is 0 Å². The van der Waals surface area contributed by atoms with Crippen LogP contribution in [0.1, 0.15) is 116 Å². The minimum Gasteiger partial charge on any atom is -0.463 e. The van der Waals surface area contributed by atoms with Crippen molar-refractivity contribution in [2.45, 2.75) is 116 Å². The van der Waals surface area contributed by atoms with Crippen LogP contribution in [0.15, 0.2) is 25.3 Å². The fourth-order valence-electron chi connectivity index (χ4n) is 3.50. The van der Waals surface area contributed by atoms with E-state index in [0.717, 1.165) is 25.7 Å². The molecule has 0 heterocycles. The normalized spacial score (nSPS) is 10.5. The van der Waals surface area contributed by atoms with Crippen molar-refractivity contribution in [1.29, 1.82) is 0 Å². The molecule has 0 aliphatic carbocycles. The van der Waals surface area contributed by atoms with Gasteiger partial charge in [0, 0.05) is 12.2 Å². The monoisotopic (exact) mass is 422 g/mol. The van der Waals surface area contributed by atoms with Crippen molar-refractivity contribution in [3.8, 4) is 0 Å². The summed E-state index contributed by atoms with van der Waals surface area (Å²) < 4.78 is 9.93. The van der Waals surface area contributed by atoms with Crippen LogP contribution in [0.25, 0.3) is 0 Å². The predicted molar refractivity (Wildman–Crippen MR) is 125 cm³/mol. The standard InChI is InChI=1S/C26H46O4/c1-3-25(27)29-23-21-19-17-15-13-11-9-7-5-6-8-10-12-14-16-18-20-22-24-30-26(28)4-2/h3-4H,1-2,5-24H2. The molecule has 0 saturated heterocycles. The van der Waals surface area contributed by atoms with Gasteiger partial charge in [-0.3, -0.25) is 0 Å². The van der Waals surface area contributed by atoms with Crippen LogP contribution in [-0.4, -0.2) is 25.2 Å². The molecule has 0 aromatic heterocycles. The molecule has 0 saturated carbocycles. The average molecular weight is 423 g/mol. The summed E-state index contributed by atoms with van der Waals surface area (Å²) in [5.74, 6) is -0.625. The Morgan fingerprint density at radius 1 is 0.433 bits per heavy atom. The Kier molecular flexibility index (Phi) is 22.4. The minimum absolute atomic E-state index is 0.313. The highest BCUT2D eigenvalue weighted by Crippen LogP contribution is 2.14. The van der Waals surface area contributed by atoms with Crippen LogP contribution in [0.2, 0.25) is 0 Å².